The minimum atomic E-state index is -1.45. The number of carboxylic acid groups (broad SMARTS) is 1. The first kappa shape index (κ1) is 30.2. The summed E-state index contributed by atoms with van der Waals surface area (Å²) in [6, 6.07) is -0.273. The monoisotopic (exact) mass is 516 g/mol. The Hall–Kier alpha value is -3.00. The third kappa shape index (κ3) is 6.66. The molecule has 1 aliphatic rings. The molecule has 0 aliphatic heterocycles. The number of ether oxygens (including phenoxy) is 2. The van der Waals surface area contributed by atoms with Crippen LogP contribution in [0.5, 0.6) is 0 Å². The molecule has 0 fully saturated rings. The normalized spacial score (nSPS) is 18.0. The molecule has 0 aromatic carbocycles. The number of nitrogens with zero attached hydrogens (tertiary/aromatic N) is 2. The second-order valence-corrected chi connectivity index (χ2v) is 10.3. The highest BCUT2D eigenvalue weighted by Crippen LogP contribution is 2.40. The second-order valence-electron chi connectivity index (χ2n) is 10.3. The van der Waals surface area contributed by atoms with Gasteiger partial charge in [-0.2, -0.15) is 0 Å². The number of aromatic carboxylic acids is 1. The van der Waals surface area contributed by atoms with Gasteiger partial charge in [-0.05, 0) is 35.8 Å². The molecule has 1 aromatic rings. The second kappa shape index (κ2) is 13.0. The Morgan fingerprint density at radius 2 is 1.89 bits per heavy atom. The summed E-state index contributed by atoms with van der Waals surface area (Å²) in [6.45, 7) is 13.0. The molecule has 8 heteroatoms. The minimum Gasteiger partial charge on any atom is -0.491 e. The van der Waals surface area contributed by atoms with Crippen molar-refractivity contribution in [2.75, 3.05) is 27.4 Å². The standard InChI is InChI=1S/C29H41FN2O5/c1-9-18(3)23(19-13-11-14-21(25(19)31-7)37-16-12-15-36-8)26-24(30)27(33)20(28(34)35)17-32(26)22(10-2)29(4,5)6/h11,13-14,17-18,22H,9-10,12,15-16H2,1-8H3,(H,34,35)/b23-19+,31-25+. The van der Waals surface area contributed by atoms with Gasteiger partial charge < -0.3 is 19.1 Å². The zero-order chi connectivity index (χ0) is 27.9. The van der Waals surface area contributed by atoms with Crippen LogP contribution in [0.15, 0.2) is 45.5 Å². The lowest BCUT2D eigenvalue weighted by molar-refractivity contribution is 0.0692. The van der Waals surface area contributed by atoms with Crippen molar-refractivity contribution in [1.29, 1.82) is 0 Å². The summed E-state index contributed by atoms with van der Waals surface area (Å²) in [7, 11) is 3.28. The summed E-state index contributed by atoms with van der Waals surface area (Å²) < 4.78 is 28.9. The highest BCUT2D eigenvalue weighted by atomic mass is 19.1. The Balaban J connectivity index is 2.94. The van der Waals surface area contributed by atoms with E-state index in [0.717, 1.165) is 0 Å². The van der Waals surface area contributed by atoms with Crippen LogP contribution < -0.4 is 5.43 Å². The predicted molar refractivity (Wildman–Crippen MR) is 146 cm³/mol. The molecule has 0 bridgehead atoms. The van der Waals surface area contributed by atoms with E-state index < -0.39 is 22.8 Å². The number of hydrogen-bond donors (Lipinski definition) is 1. The van der Waals surface area contributed by atoms with E-state index in [1.165, 1.54) is 6.20 Å². The largest absolute Gasteiger partial charge is 0.491 e. The third-order valence-electron chi connectivity index (χ3n) is 6.75. The fourth-order valence-electron chi connectivity index (χ4n) is 4.79. The van der Waals surface area contributed by atoms with Crippen molar-refractivity contribution in [3.05, 3.63) is 63.1 Å². The maximum atomic E-state index is 16.1. The Morgan fingerprint density at radius 3 is 2.41 bits per heavy atom. The van der Waals surface area contributed by atoms with Crippen LogP contribution in [0.25, 0.3) is 5.57 Å². The Labute approximate surface area is 219 Å². The van der Waals surface area contributed by atoms with Crippen LogP contribution in [0.1, 0.15) is 82.9 Å². The molecule has 0 saturated carbocycles. The van der Waals surface area contributed by atoms with Crippen molar-refractivity contribution in [3.63, 3.8) is 0 Å². The van der Waals surface area contributed by atoms with E-state index in [9.17, 15) is 14.7 Å². The van der Waals surface area contributed by atoms with Crippen LogP contribution in [0.3, 0.4) is 0 Å². The number of hydrogen-bond acceptors (Lipinski definition) is 5. The van der Waals surface area contributed by atoms with Gasteiger partial charge in [-0.1, -0.05) is 53.7 Å². The first-order valence-corrected chi connectivity index (χ1v) is 12.8. The van der Waals surface area contributed by atoms with Crippen molar-refractivity contribution in [1.82, 2.24) is 4.57 Å². The molecule has 0 spiro atoms. The lowest BCUT2D eigenvalue weighted by Gasteiger charge is -2.36. The van der Waals surface area contributed by atoms with Gasteiger partial charge in [-0.25, -0.2) is 9.18 Å². The van der Waals surface area contributed by atoms with Crippen LogP contribution >= 0.6 is 0 Å². The maximum absolute atomic E-state index is 16.1. The number of halogens is 1. The van der Waals surface area contributed by atoms with Gasteiger partial charge >= 0.3 is 5.97 Å². The van der Waals surface area contributed by atoms with Gasteiger partial charge in [0, 0.05) is 45.0 Å². The molecule has 2 atom stereocenters. The zero-order valence-corrected chi connectivity index (χ0v) is 23.4. The van der Waals surface area contributed by atoms with Crippen molar-refractivity contribution < 1.29 is 23.8 Å². The Bertz CT molecular complexity index is 1170. The molecule has 1 aromatic heterocycles. The number of methoxy groups -OCH3 is 1. The van der Waals surface area contributed by atoms with E-state index in [1.807, 2.05) is 59.8 Å². The molecule has 37 heavy (non-hydrogen) atoms. The van der Waals surface area contributed by atoms with E-state index in [2.05, 4.69) is 4.99 Å². The third-order valence-corrected chi connectivity index (χ3v) is 6.75. The van der Waals surface area contributed by atoms with E-state index in [-0.39, 0.29) is 23.1 Å². The van der Waals surface area contributed by atoms with E-state index in [1.54, 1.807) is 18.7 Å². The van der Waals surface area contributed by atoms with Crippen LogP contribution in [0.4, 0.5) is 4.39 Å². The van der Waals surface area contributed by atoms with E-state index in [4.69, 9.17) is 9.47 Å². The quantitative estimate of drug-likeness (QED) is 0.361. The van der Waals surface area contributed by atoms with Crippen molar-refractivity contribution in [3.8, 4) is 0 Å². The maximum Gasteiger partial charge on any atom is 0.341 e. The number of pyridine rings is 1. The summed E-state index contributed by atoms with van der Waals surface area (Å²) in [5, 5.41) is 9.69. The van der Waals surface area contributed by atoms with Crippen LogP contribution in [-0.2, 0) is 9.47 Å². The van der Waals surface area contributed by atoms with Gasteiger partial charge in [-0.15, -0.1) is 0 Å². The van der Waals surface area contributed by atoms with Crippen LogP contribution in [0, 0.1) is 17.2 Å². The molecule has 1 heterocycles. The molecule has 0 radical (unpaired) electrons. The summed E-state index contributed by atoms with van der Waals surface area (Å²) in [5.74, 6) is -2.13. The van der Waals surface area contributed by atoms with Gasteiger partial charge in [-0.3, -0.25) is 9.79 Å². The summed E-state index contributed by atoms with van der Waals surface area (Å²) in [5.41, 5.74) is -0.133. The number of allylic oxidation sites excluding steroid dienone is 5. The van der Waals surface area contributed by atoms with Gasteiger partial charge in [0.1, 0.15) is 17.0 Å². The minimum absolute atomic E-state index is 0.104. The molecule has 1 aliphatic carbocycles. The summed E-state index contributed by atoms with van der Waals surface area (Å²) in [4.78, 5) is 29.4. The molecule has 1 N–H and O–H groups in total. The lowest BCUT2D eigenvalue weighted by Crippen LogP contribution is -2.32. The lowest BCUT2D eigenvalue weighted by atomic mass is 9.82. The van der Waals surface area contributed by atoms with Crippen LogP contribution in [-0.4, -0.2) is 48.7 Å². The number of carboxylic acids is 1. The van der Waals surface area contributed by atoms with E-state index in [0.29, 0.717) is 55.1 Å². The highest BCUT2D eigenvalue weighted by Gasteiger charge is 2.34. The van der Waals surface area contributed by atoms with Crippen molar-refractivity contribution in [2.45, 2.75) is 66.8 Å². The highest BCUT2D eigenvalue weighted by molar-refractivity contribution is 6.18. The van der Waals surface area contributed by atoms with Crippen LogP contribution in [0.2, 0.25) is 0 Å². The van der Waals surface area contributed by atoms with Gasteiger partial charge in [0.2, 0.25) is 5.43 Å². The first-order chi connectivity index (χ1) is 17.4. The Morgan fingerprint density at radius 1 is 1.22 bits per heavy atom. The van der Waals surface area contributed by atoms with Gasteiger partial charge in [0.25, 0.3) is 0 Å². The number of rotatable bonds is 11. The summed E-state index contributed by atoms with van der Waals surface area (Å²) in [6.07, 6.45) is 8.76. The smallest absolute Gasteiger partial charge is 0.341 e. The Kier molecular flexibility index (Phi) is 10.6. The molecular formula is C29H41FN2O5. The fraction of sp³-hybridized carbons (Fsp3) is 0.552. The molecule has 0 amide bonds. The zero-order valence-electron chi connectivity index (χ0n) is 23.4. The molecular weight excluding hydrogens is 475 g/mol. The molecule has 204 valence electrons. The molecule has 7 nitrogen and oxygen atoms in total. The number of aliphatic imine (C=N–C) groups is 1. The summed E-state index contributed by atoms with van der Waals surface area (Å²) >= 11 is 0. The number of aromatic nitrogens is 1. The predicted octanol–water partition coefficient (Wildman–Crippen LogP) is 6.06. The van der Waals surface area contributed by atoms with E-state index >= 15 is 4.39 Å². The van der Waals surface area contributed by atoms with Gasteiger partial charge in [0.15, 0.2) is 5.82 Å². The van der Waals surface area contributed by atoms with Gasteiger partial charge in [0.05, 0.1) is 12.3 Å². The topological polar surface area (TPSA) is 90.1 Å². The fourth-order valence-corrected chi connectivity index (χ4v) is 4.79. The average molecular weight is 517 g/mol. The van der Waals surface area contributed by atoms with Crippen molar-refractivity contribution in [2.24, 2.45) is 16.3 Å². The molecule has 2 rings (SSSR count). The number of carbonyl (C=O) groups is 1. The van der Waals surface area contributed by atoms with Crippen molar-refractivity contribution >= 4 is 17.3 Å². The SMILES string of the molecule is CCC(C)/C(=C1/C=CC=C(OCCCOC)/C1=N/C)c1c(F)c(=O)c(C(=O)O)cn1C(CC)C(C)(C)C. The molecule has 2 unspecified atom stereocenters. The molecule has 0 saturated heterocycles. The average Bonchev–Trinajstić information content (AvgIpc) is 2.84. The first-order valence-electron chi connectivity index (χ1n) is 12.8.